The molecule has 0 saturated carbocycles. The molecule has 0 aliphatic carbocycles. The number of hydrogen-bond acceptors (Lipinski definition) is 5. The van der Waals surface area contributed by atoms with Crippen molar-refractivity contribution in [2.75, 3.05) is 5.32 Å². The molecular weight excluding hydrogens is 464 g/mol. The van der Waals surface area contributed by atoms with Crippen LogP contribution in [0.1, 0.15) is 38.8 Å². The van der Waals surface area contributed by atoms with Gasteiger partial charge in [-0.2, -0.15) is 0 Å². The maximum absolute atomic E-state index is 13.2. The van der Waals surface area contributed by atoms with E-state index >= 15 is 0 Å². The highest BCUT2D eigenvalue weighted by Crippen LogP contribution is 2.25. The van der Waals surface area contributed by atoms with Gasteiger partial charge in [-0.25, -0.2) is 9.97 Å². The van der Waals surface area contributed by atoms with Crippen molar-refractivity contribution in [3.8, 4) is 0 Å². The Labute approximate surface area is 206 Å². The number of carbonyl (C=O) groups is 3. The van der Waals surface area contributed by atoms with Crippen LogP contribution in [-0.2, 0) is 17.8 Å². The zero-order valence-electron chi connectivity index (χ0n) is 18.9. The lowest BCUT2D eigenvalue weighted by molar-refractivity contribution is -0.122. The number of nitrogens with zero attached hydrogens (tertiary/aromatic N) is 3. The summed E-state index contributed by atoms with van der Waals surface area (Å²) >= 11 is 6.07. The largest absolute Gasteiger partial charge is 0.325 e. The number of hydrogen-bond donors (Lipinski definition) is 1. The van der Waals surface area contributed by atoms with E-state index in [1.165, 1.54) is 0 Å². The number of carbonyl (C=O) groups excluding carboxylic acids is 3. The van der Waals surface area contributed by atoms with Crippen LogP contribution in [0.2, 0.25) is 5.02 Å². The number of benzene rings is 3. The minimum absolute atomic E-state index is 0.0502. The van der Waals surface area contributed by atoms with Gasteiger partial charge in [-0.15, -0.1) is 0 Å². The third-order valence-electron chi connectivity index (χ3n) is 6.14. The molecule has 174 valence electrons. The predicted molar refractivity (Wildman–Crippen MR) is 133 cm³/mol. The molecule has 0 fully saturated rings. The lowest BCUT2D eigenvalue weighted by Crippen LogP contribution is -2.41. The second-order valence-electron chi connectivity index (χ2n) is 8.46. The van der Waals surface area contributed by atoms with Gasteiger partial charge in [0.15, 0.2) is 5.78 Å². The van der Waals surface area contributed by atoms with Crippen molar-refractivity contribution in [3.05, 3.63) is 100 Å². The number of amides is 2. The van der Waals surface area contributed by atoms with E-state index in [2.05, 4.69) is 15.3 Å². The van der Waals surface area contributed by atoms with Gasteiger partial charge in [0.2, 0.25) is 5.95 Å². The molecular formula is C27H21ClN4O3. The van der Waals surface area contributed by atoms with Crippen LogP contribution < -0.4 is 5.32 Å². The predicted octanol–water partition coefficient (Wildman–Crippen LogP) is 4.69. The number of ketones is 1. The summed E-state index contributed by atoms with van der Waals surface area (Å²) in [5.41, 5.74) is 3.09. The van der Waals surface area contributed by atoms with Gasteiger partial charge in [-0.3, -0.25) is 19.7 Å². The van der Waals surface area contributed by atoms with Crippen LogP contribution in [0.25, 0.3) is 10.9 Å². The summed E-state index contributed by atoms with van der Waals surface area (Å²) in [6.07, 6.45) is 1.82. The quantitative estimate of drug-likeness (QED) is 0.453. The zero-order chi connectivity index (χ0) is 24.5. The van der Waals surface area contributed by atoms with Gasteiger partial charge in [0.25, 0.3) is 11.8 Å². The molecule has 5 rings (SSSR count). The van der Waals surface area contributed by atoms with Crippen molar-refractivity contribution in [3.63, 3.8) is 0 Å². The Morgan fingerprint density at radius 2 is 1.86 bits per heavy atom. The molecule has 8 heteroatoms. The second kappa shape index (κ2) is 9.27. The van der Waals surface area contributed by atoms with E-state index in [0.29, 0.717) is 21.7 Å². The molecule has 4 aromatic rings. The monoisotopic (exact) mass is 484 g/mol. The fraction of sp³-hybridized carbons (Fsp3) is 0.148. The fourth-order valence-electron chi connectivity index (χ4n) is 4.13. The van der Waals surface area contributed by atoms with Crippen LogP contribution in [0.5, 0.6) is 0 Å². The summed E-state index contributed by atoms with van der Waals surface area (Å²) in [7, 11) is 0. The second-order valence-corrected chi connectivity index (χ2v) is 8.89. The molecule has 0 bridgehead atoms. The van der Waals surface area contributed by atoms with Gasteiger partial charge in [0.1, 0.15) is 0 Å². The lowest BCUT2D eigenvalue weighted by Gasteiger charge is -2.26. The molecule has 1 N–H and O–H groups in total. The highest BCUT2D eigenvalue weighted by molar-refractivity contribution is 6.30. The molecule has 1 aliphatic rings. The average Bonchev–Trinajstić information content (AvgIpc) is 2.94. The van der Waals surface area contributed by atoms with Crippen molar-refractivity contribution in [2.45, 2.75) is 25.9 Å². The number of nitrogens with one attached hydrogen (secondary N) is 1. The van der Waals surface area contributed by atoms with Crippen molar-refractivity contribution < 1.29 is 14.4 Å². The van der Waals surface area contributed by atoms with Gasteiger partial charge in [0.05, 0.1) is 11.6 Å². The highest BCUT2D eigenvalue weighted by Gasteiger charge is 2.32. The minimum atomic E-state index is -0.582. The van der Waals surface area contributed by atoms with Crippen molar-refractivity contribution in [1.82, 2.24) is 14.9 Å². The lowest BCUT2D eigenvalue weighted by atomic mass is 10.0. The van der Waals surface area contributed by atoms with Gasteiger partial charge < -0.3 is 4.90 Å². The first-order valence-electron chi connectivity index (χ1n) is 11.1. The molecule has 2 heterocycles. The molecule has 2 amide bonds. The van der Waals surface area contributed by atoms with Crippen LogP contribution in [0, 0.1) is 0 Å². The molecule has 3 aromatic carbocycles. The molecule has 0 radical (unpaired) electrons. The summed E-state index contributed by atoms with van der Waals surface area (Å²) in [4.78, 5) is 48.8. The Kier molecular flexibility index (Phi) is 6.01. The van der Waals surface area contributed by atoms with Crippen molar-refractivity contribution in [2.24, 2.45) is 0 Å². The van der Waals surface area contributed by atoms with Crippen LogP contribution >= 0.6 is 11.6 Å². The first-order valence-corrected chi connectivity index (χ1v) is 11.5. The number of anilines is 1. The third kappa shape index (κ3) is 4.63. The SMILES string of the molecule is C[C@@H]1C(=O)Cc2cc(Cl)ccc2C(=O)N1Cc1ccc(C(=O)Nc2ncc3ccccc3n2)cc1. The summed E-state index contributed by atoms with van der Waals surface area (Å²) < 4.78 is 0. The molecule has 1 aliphatic heterocycles. The van der Waals surface area contributed by atoms with E-state index in [4.69, 9.17) is 11.6 Å². The van der Waals surface area contributed by atoms with E-state index < -0.39 is 6.04 Å². The van der Waals surface area contributed by atoms with Gasteiger partial charge in [-0.05, 0) is 54.4 Å². The molecule has 1 atom stereocenters. The standard InChI is InChI=1S/C27H21ClN4O3/c1-16-24(33)13-20-12-21(28)10-11-22(20)26(35)32(16)15-17-6-8-18(9-7-17)25(34)31-27-29-14-19-4-2-3-5-23(19)30-27/h2-12,14,16H,13,15H2,1H3,(H,29,30,31,34)/t16-/m1/s1. The molecule has 0 saturated heterocycles. The van der Waals surface area contributed by atoms with E-state index in [1.54, 1.807) is 60.5 Å². The minimum Gasteiger partial charge on any atom is -0.325 e. The first kappa shape index (κ1) is 22.7. The Morgan fingerprint density at radius 1 is 1.09 bits per heavy atom. The number of rotatable bonds is 4. The number of Topliss-reactive ketones (excluding diaryl/α,β-unsaturated/α-hetero) is 1. The summed E-state index contributed by atoms with van der Waals surface area (Å²) in [6, 6.07) is 18.8. The van der Waals surface area contributed by atoms with E-state index in [0.717, 1.165) is 16.5 Å². The molecule has 1 aromatic heterocycles. The highest BCUT2D eigenvalue weighted by atomic mass is 35.5. The van der Waals surface area contributed by atoms with Crippen LogP contribution in [0.15, 0.2) is 72.9 Å². The number of fused-ring (bicyclic) bond motifs is 2. The van der Waals surface area contributed by atoms with E-state index in [9.17, 15) is 14.4 Å². The molecule has 35 heavy (non-hydrogen) atoms. The van der Waals surface area contributed by atoms with Crippen molar-refractivity contribution in [1.29, 1.82) is 0 Å². The maximum atomic E-state index is 13.2. The van der Waals surface area contributed by atoms with Crippen LogP contribution in [0.3, 0.4) is 0 Å². The zero-order valence-corrected chi connectivity index (χ0v) is 19.6. The van der Waals surface area contributed by atoms with Gasteiger partial charge >= 0.3 is 0 Å². The van der Waals surface area contributed by atoms with Crippen molar-refractivity contribution >= 4 is 46.0 Å². The summed E-state index contributed by atoms with van der Waals surface area (Å²) in [5, 5.41) is 4.09. The summed E-state index contributed by atoms with van der Waals surface area (Å²) in [6.45, 7) is 1.97. The molecule has 7 nitrogen and oxygen atoms in total. The van der Waals surface area contributed by atoms with Crippen LogP contribution in [-0.4, -0.2) is 38.5 Å². The molecule has 0 spiro atoms. The summed E-state index contributed by atoms with van der Waals surface area (Å²) in [5.74, 6) is -0.387. The van der Waals surface area contributed by atoms with Crippen LogP contribution in [0.4, 0.5) is 5.95 Å². The maximum Gasteiger partial charge on any atom is 0.258 e. The normalized spacial score (nSPS) is 15.6. The Hall–Kier alpha value is -4.10. The number of para-hydroxylation sites is 1. The van der Waals surface area contributed by atoms with E-state index in [-0.39, 0.29) is 36.5 Å². The van der Waals surface area contributed by atoms with Gasteiger partial charge in [0, 0.05) is 40.7 Å². The smallest absolute Gasteiger partial charge is 0.258 e. The Bertz CT molecular complexity index is 1470. The third-order valence-corrected chi connectivity index (χ3v) is 6.38. The topological polar surface area (TPSA) is 92.3 Å². The molecule has 0 unspecified atom stereocenters. The average molecular weight is 485 g/mol. The van der Waals surface area contributed by atoms with Gasteiger partial charge in [-0.1, -0.05) is 41.9 Å². The fourth-order valence-corrected chi connectivity index (χ4v) is 4.32. The van der Waals surface area contributed by atoms with E-state index in [1.807, 2.05) is 24.3 Å². The Morgan fingerprint density at radius 3 is 2.66 bits per heavy atom. The number of aromatic nitrogens is 2. The number of halogens is 1. The first-order chi connectivity index (χ1) is 16.9. The Balaban J connectivity index is 1.32.